The number of H-pyrrole nitrogens is 1. The van der Waals surface area contributed by atoms with Gasteiger partial charge in [-0.1, -0.05) is 187 Å². The summed E-state index contributed by atoms with van der Waals surface area (Å²) < 4.78 is 5.34. The lowest BCUT2D eigenvalue weighted by molar-refractivity contribution is -0.148. The fourth-order valence-corrected chi connectivity index (χ4v) is 17.0. The number of carboxylic acid groups (broad SMARTS) is 2. The van der Waals surface area contributed by atoms with E-state index in [-0.39, 0.29) is 81.7 Å². The molecule has 0 bridgehead atoms. The lowest BCUT2D eigenvalue weighted by atomic mass is 9.98. The van der Waals surface area contributed by atoms with Crippen LogP contribution in [-0.2, 0) is 118 Å². The Hall–Kier alpha value is -16.0. The van der Waals surface area contributed by atoms with Gasteiger partial charge in [-0.3, -0.25) is 92.3 Å². The molecule has 0 spiro atoms. The van der Waals surface area contributed by atoms with Gasteiger partial charge in [-0.2, -0.15) is 0 Å². The summed E-state index contributed by atoms with van der Waals surface area (Å²) in [5, 5.41) is 86.4. The molecule has 1 aliphatic heterocycles. The Morgan fingerprint density at radius 2 is 0.872 bits per heavy atom. The third-order valence-electron chi connectivity index (χ3n) is 24.3. The fourth-order valence-electron chi connectivity index (χ4n) is 16.2. The first kappa shape index (κ1) is 117. The highest BCUT2D eigenvalue weighted by Gasteiger charge is 2.42. The van der Waals surface area contributed by atoms with Gasteiger partial charge < -0.3 is 132 Å². The normalized spacial score (nSPS) is 22.0. The number of aromatic amines is 1. The third kappa shape index (κ3) is 37.5. The molecule has 46 heteroatoms. The summed E-state index contributed by atoms with van der Waals surface area (Å²) in [7, 11) is 2.57. The molecule has 1 aromatic heterocycles. The average molecular weight is 2070 g/mol. The van der Waals surface area contributed by atoms with E-state index in [1.54, 1.807) is 143 Å². The summed E-state index contributed by atoms with van der Waals surface area (Å²) in [6.45, 7) is 8.26. The Labute approximate surface area is 860 Å². The van der Waals surface area contributed by atoms with Gasteiger partial charge in [-0.15, -0.1) is 11.8 Å². The summed E-state index contributed by atoms with van der Waals surface area (Å²) >= 11 is 0.688. The SMILES string of the molecule is CC(C)C[C@@H]1NC(=O)[C@H](CCCNC(=N)N)NC(=O)[C@H](Cc2ccccc2)N(C)C(=O)[C@H](C)N(C)C(=O)[C@H](CCCNC(=N)N)NC(=O)[C@H](Cc2ccc(-c3ccccc3)cc2)NC(=O)[C@H](C(C)C)NC(=O)[C@H](Cc2c[nH]c3ccccc23)NC(=O)[C@H](CC(=O)O)NC(=O)[C@H](Cc2ccc(OCC(=O)O)cc2)NC(=O)[C@H](Cc2ccccc2)NC(=O)CSC[C@@H](C(=O)NCC(N)=O)NC(=O)[C@H](CO)NC(=O)[C@H](C(C)C)NC1=O. The molecule has 0 unspecified atom stereocenters. The van der Waals surface area contributed by atoms with E-state index in [0.29, 0.717) is 44.9 Å². The summed E-state index contributed by atoms with van der Waals surface area (Å²) in [5.74, 6) is -23.5. The number of rotatable bonds is 32. The Balaban J connectivity index is 1.25. The largest absolute Gasteiger partial charge is 0.482 e. The lowest BCUT2D eigenvalue weighted by Crippen LogP contribution is -2.62. The molecule has 1 saturated heterocycles. The van der Waals surface area contributed by atoms with Crippen molar-refractivity contribution in [1.82, 2.24) is 94.5 Å². The van der Waals surface area contributed by atoms with Crippen LogP contribution in [0.2, 0.25) is 0 Å². The zero-order valence-corrected chi connectivity index (χ0v) is 84.7. The number of hydrogen-bond acceptors (Lipinski definition) is 23. The Bertz CT molecular complexity index is 5790. The minimum atomic E-state index is -2.12. The van der Waals surface area contributed by atoms with Crippen molar-refractivity contribution in [2.75, 3.05) is 58.4 Å². The summed E-state index contributed by atoms with van der Waals surface area (Å²) in [6.07, 6.45) is -1.85. The van der Waals surface area contributed by atoms with Gasteiger partial charge in [0.1, 0.15) is 90.3 Å². The van der Waals surface area contributed by atoms with E-state index < -0.39 is 265 Å². The maximum absolute atomic E-state index is 15.7. The summed E-state index contributed by atoms with van der Waals surface area (Å²) in [6, 6.07) is 21.7. The maximum atomic E-state index is 15.7. The van der Waals surface area contributed by atoms with Crippen molar-refractivity contribution < 1.29 is 106 Å². The second-order valence-electron chi connectivity index (χ2n) is 37.0. The highest BCUT2D eigenvalue weighted by Crippen LogP contribution is 2.25. The molecule has 45 nitrogen and oxygen atoms in total. The van der Waals surface area contributed by atoms with Crippen LogP contribution >= 0.6 is 11.8 Å². The molecule has 1 aliphatic rings. The number of amides is 16. The summed E-state index contributed by atoms with van der Waals surface area (Å²) in [4.78, 5) is 268. The zero-order chi connectivity index (χ0) is 109. The number of nitrogens with two attached hydrogens (primary N) is 3. The van der Waals surface area contributed by atoms with Crippen LogP contribution in [0.25, 0.3) is 22.0 Å². The van der Waals surface area contributed by atoms with Gasteiger partial charge in [0.2, 0.25) is 94.5 Å². The maximum Gasteiger partial charge on any atom is 0.341 e. The monoisotopic (exact) mass is 2070 g/mol. The number of hydrogen-bond donors (Lipinski definition) is 24. The van der Waals surface area contributed by atoms with E-state index in [9.17, 15) is 53.7 Å². The van der Waals surface area contributed by atoms with E-state index in [4.69, 9.17) is 32.8 Å². The standard InChI is InChI=1S/C102H135N23O22S/c1-56(2)43-72-93(139)122-86(58(5)6)98(144)120-78(52-126)95(141)121-79(87(133)111-51-81(103)127)54-148-55-82(128)112-73(44-60-23-13-10-14-24-60)89(135)116-74(46-63-35-39-67(40-36-63)147-53-84(131)132)91(137)118-77(49-83(129)130)92(138)117-76(48-66-50-110-69-30-20-19-29-68(66)69)94(140)123-85(57(3)4)97(143)119-75(45-62-33-37-65(38-34-62)64-27-17-12-18-28-64)90(136)114-71(32-22-42-109-102(106)107)100(146)124(8)59(7)99(145)125(9)80(47-61-25-15-11-16-26-61)96(142)113-70(88(134)115-72)31-21-41-108-101(104)105/h10-20,23-30,33-40,50,56-59,70-80,85-86,110,126H,21-22,31-32,41-49,51-55H2,1-9H3,(H2,103,127)(H,111,133)(H,112,128)(H,113,142)(H,114,136)(H,115,134)(H,116,135)(H,117,138)(H,118,137)(H,119,143)(H,120,144)(H,121,141)(H,122,139)(H,123,140)(H,129,130)(H,131,132)(H4,104,105,108)(H4,106,107,109)/t59-,70-,71-,72-,73-,74-,75-,76-,77-,78-,79-,80-,85-,86-/m0/s1. The van der Waals surface area contributed by atoms with Gasteiger partial charge in [-0.25, -0.2) is 4.79 Å². The zero-order valence-electron chi connectivity index (χ0n) is 83.8. The van der Waals surface area contributed by atoms with Crippen molar-refractivity contribution in [3.05, 3.63) is 198 Å². The van der Waals surface area contributed by atoms with E-state index >= 15 is 47.9 Å². The van der Waals surface area contributed by atoms with E-state index in [1.165, 1.54) is 59.1 Å². The number of aromatic nitrogens is 1. The number of carbonyl (C=O) groups is 18. The van der Waals surface area contributed by atoms with Crippen LogP contribution in [0.5, 0.6) is 5.75 Å². The Morgan fingerprint density at radius 1 is 0.446 bits per heavy atom. The molecule has 27 N–H and O–H groups in total. The molecular weight excluding hydrogens is 1930 g/mol. The Kier molecular flexibility index (Phi) is 46.1. The number of para-hydroxylation sites is 1. The molecule has 6 aromatic carbocycles. The molecule has 16 amide bonds. The van der Waals surface area contributed by atoms with Gasteiger partial charge in [0.15, 0.2) is 18.5 Å². The van der Waals surface area contributed by atoms with Crippen molar-refractivity contribution in [3.8, 4) is 16.9 Å². The molecule has 0 radical (unpaired) electrons. The number of primary amides is 1. The van der Waals surface area contributed by atoms with Crippen molar-refractivity contribution in [2.45, 2.75) is 204 Å². The molecule has 7 aromatic rings. The first-order valence-corrected chi connectivity index (χ1v) is 49.5. The molecule has 0 saturated carbocycles. The van der Waals surface area contributed by atoms with Crippen LogP contribution in [0.3, 0.4) is 0 Å². The number of fused-ring (bicyclic) bond motifs is 1. The van der Waals surface area contributed by atoms with Gasteiger partial charge >= 0.3 is 11.9 Å². The predicted octanol–water partition coefficient (Wildman–Crippen LogP) is -0.997. The van der Waals surface area contributed by atoms with Crippen LogP contribution in [0.15, 0.2) is 170 Å². The van der Waals surface area contributed by atoms with Crippen molar-refractivity contribution in [2.24, 2.45) is 35.0 Å². The molecule has 14 atom stereocenters. The van der Waals surface area contributed by atoms with Crippen LogP contribution in [0, 0.1) is 28.6 Å². The van der Waals surface area contributed by atoms with Gasteiger partial charge in [0.05, 0.1) is 25.3 Å². The number of guanidine groups is 2. The van der Waals surface area contributed by atoms with Gasteiger partial charge in [-0.05, 0) is 114 Å². The second kappa shape index (κ2) is 58.2. The predicted molar refractivity (Wildman–Crippen MR) is 549 cm³/mol. The topological polar surface area (TPSA) is 706 Å². The number of nitrogens with one attached hydrogen (secondary N) is 18. The molecular formula is C102H135N23O22S. The lowest BCUT2D eigenvalue weighted by Gasteiger charge is -2.35. The number of thioether (sulfide) groups is 1. The summed E-state index contributed by atoms with van der Waals surface area (Å²) in [5.41, 5.74) is 21.0. The van der Waals surface area contributed by atoms with Gasteiger partial charge in [0.25, 0.3) is 0 Å². The number of aliphatic carboxylic acids is 2. The van der Waals surface area contributed by atoms with Crippen LogP contribution in [-0.4, -0.2) is 292 Å². The molecule has 2 heterocycles. The molecule has 8 rings (SSSR count). The number of ether oxygens (including phenoxy) is 1. The minimum Gasteiger partial charge on any atom is -0.482 e. The number of carbonyl (C=O) groups excluding carboxylic acids is 16. The van der Waals surface area contributed by atoms with Gasteiger partial charge in [0, 0.05) is 82.1 Å². The van der Waals surface area contributed by atoms with Crippen molar-refractivity contribution >= 4 is 141 Å². The average Bonchev–Trinajstić information content (AvgIpc) is 1.58. The Morgan fingerprint density at radius 3 is 1.39 bits per heavy atom. The molecule has 1 fully saturated rings. The second-order valence-corrected chi connectivity index (χ2v) is 38.1. The first-order valence-electron chi connectivity index (χ1n) is 48.4. The van der Waals surface area contributed by atoms with Crippen molar-refractivity contribution in [1.29, 1.82) is 10.8 Å². The third-order valence-corrected chi connectivity index (χ3v) is 25.3. The van der Waals surface area contributed by atoms with Crippen LogP contribution in [0.4, 0.5) is 0 Å². The fraction of sp³-hybridized carbons (Fsp3) is 0.431. The number of nitrogens with zero attached hydrogens (tertiary/aromatic N) is 2. The molecule has 796 valence electrons. The minimum absolute atomic E-state index is 0.0130. The molecule has 148 heavy (non-hydrogen) atoms. The van der Waals surface area contributed by atoms with Crippen LogP contribution < -0.4 is 102 Å². The quantitative estimate of drug-likeness (QED) is 0.0137. The van der Waals surface area contributed by atoms with Crippen LogP contribution in [0.1, 0.15) is 115 Å². The first-order chi connectivity index (χ1) is 70.4. The number of likely N-dealkylation sites (N-methyl/N-ethyl adjacent to an activating group) is 2. The highest BCUT2D eigenvalue weighted by atomic mass is 32.2. The number of benzene rings is 6. The number of carboxylic acids is 2. The van der Waals surface area contributed by atoms with E-state index in [2.05, 4.69) is 84.7 Å². The molecule has 0 aliphatic carbocycles. The van der Waals surface area contributed by atoms with Crippen molar-refractivity contribution in [3.63, 3.8) is 0 Å². The van der Waals surface area contributed by atoms with E-state index in [0.717, 1.165) is 20.9 Å². The number of aliphatic hydroxyl groups is 1. The van der Waals surface area contributed by atoms with E-state index in [1.807, 2.05) is 30.3 Å². The smallest absolute Gasteiger partial charge is 0.341 e. The number of aliphatic hydroxyl groups excluding tert-OH is 1. The highest BCUT2D eigenvalue weighted by molar-refractivity contribution is 8.00.